The summed E-state index contributed by atoms with van der Waals surface area (Å²) >= 11 is 6.01. The lowest BCUT2D eigenvalue weighted by Gasteiger charge is -2.17. The zero-order valence-corrected chi connectivity index (χ0v) is 12.2. The van der Waals surface area contributed by atoms with Gasteiger partial charge in [0.25, 0.3) is 0 Å². The van der Waals surface area contributed by atoms with E-state index in [2.05, 4.69) is 4.98 Å². The van der Waals surface area contributed by atoms with E-state index >= 15 is 0 Å². The number of aromatic nitrogens is 1. The van der Waals surface area contributed by atoms with Gasteiger partial charge >= 0.3 is 0 Å². The van der Waals surface area contributed by atoms with Crippen molar-refractivity contribution >= 4 is 28.2 Å². The molecular weight excluding hydrogens is 262 g/mol. The number of hydrogen-bond donors (Lipinski definition) is 0. The molecule has 19 heavy (non-hydrogen) atoms. The van der Waals surface area contributed by atoms with Crippen LogP contribution >= 0.6 is 11.6 Å². The number of Topliss-reactive ketones (excluding diaryl/α,β-unsaturated/α-hetero) is 1. The van der Waals surface area contributed by atoms with Gasteiger partial charge in [0, 0.05) is 10.8 Å². The summed E-state index contributed by atoms with van der Waals surface area (Å²) in [6.45, 7) is 5.60. The minimum atomic E-state index is -0.495. The molecule has 1 aromatic heterocycles. The number of carbonyl (C=O) groups is 1. The highest BCUT2D eigenvalue weighted by atomic mass is 35.5. The van der Waals surface area contributed by atoms with Gasteiger partial charge < -0.3 is 4.74 Å². The molecule has 4 heteroatoms. The number of pyridine rings is 1. The first-order valence-electron chi connectivity index (χ1n) is 6.02. The van der Waals surface area contributed by atoms with Crippen LogP contribution in [-0.2, 0) is 0 Å². The van der Waals surface area contributed by atoms with Crippen LogP contribution in [0, 0.1) is 5.41 Å². The van der Waals surface area contributed by atoms with E-state index in [0.29, 0.717) is 10.8 Å². The molecule has 2 aromatic rings. The molecule has 0 bridgehead atoms. The van der Waals surface area contributed by atoms with Crippen molar-refractivity contribution in [1.82, 2.24) is 4.98 Å². The van der Waals surface area contributed by atoms with Gasteiger partial charge in [-0.3, -0.25) is 4.79 Å². The fourth-order valence-corrected chi connectivity index (χ4v) is 2.06. The number of rotatable bonds is 2. The third-order valence-corrected chi connectivity index (χ3v) is 3.10. The van der Waals surface area contributed by atoms with Gasteiger partial charge in [-0.25, -0.2) is 4.98 Å². The highest BCUT2D eigenvalue weighted by Crippen LogP contribution is 2.29. The maximum absolute atomic E-state index is 12.4. The Hall–Kier alpha value is -1.61. The van der Waals surface area contributed by atoms with Crippen molar-refractivity contribution in [1.29, 1.82) is 0 Å². The summed E-state index contributed by atoms with van der Waals surface area (Å²) in [7, 11) is 1.60. The molecule has 100 valence electrons. The van der Waals surface area contributed by atoms with E-state index in [1.54, 1.807) is 13.2 Å². The van der Waals surface area contributed by atoms with Gasteiger partial charge in [-0.05, 0) is 29.7 Å². The molecule has 0 aliphatic rings. The quantitative estimate of drug-likeness (QED) is 0.612. The molecule has 3 nitrogen and oxygen atoms in total. The number of methoxy groups -OCH3 is 1. The van der Waals surface area contributed by atoms with Crippen molar-refractivity contribution in [3.05, 3.63) is 35.1 Å². The summed E-state index contributed by atoms with van der Waals surface area (Å²) in [5.74, 6) is 0.703. The van der Waals surface area contributed by atoms with E-state index in [9.17, 15) is 4.79 Å². The van der Waals surface area contributed by atoms with Crippen LogP contribution in [0.2, 0.25) is 5.15 Å². The summed E-state index contributed by atoms with van der Waals surface area (Å²) in [6, 6.07) is 7.25. The van der Waals surface area contributed by atoms with Crippen LogP contribution < -0.4 is 4.74 Å². The van der Waals surface area contributed by atoms with Crippen LogP contribution in [0.4, 0.5) is 0 Å². The van der Waals surface area contributed by atoms with Crippen molar-refractivity contribution in [2.75, 3.05) is 7.11 Å². The number of ether oxygens (including phenoxy) is 1. The Bertz CT molecular complexity index is 644. The fraction of sp³-hybridized carbons (Fsp3) is 0.333. The van der Waals surface area contributed by atoms with Crippen LogP contribution in [0.5, 0.6) is 5.75 Å². The van der Waals surface area contributed by atoms with Crippen LogP contribution in [0.25, 0.3) is 10.8 Å². The average molecular weight is 278 g/mol. The summed E-state index contributed by atoms with van der Waals surface area (Å²) < 4.78 is 5.18. The van der Waals surface area contributed by atoms with E-state index in [4.69, 9.17) is 16.3 Å². The van der Waals surface area contributed by atoms with Crippen molar-refractivity contribution in [2.45, 2.75) is 20.8 Å². The van der Waals surface area contributed by atoms with Gasteiger partial charge in [-0.2, -0.15) is 0 Å². The average Bonchev–Trinajstić information content (AvgIpc) is 2.34. The van der Waals surface area contributed by atoms with Gasteiger partial charge in [0.1, 0.15) is 16.6 Å². The predicted octanol–water partition coefficient (Wildman–Crippen LogP) is 4.13. The summed E-state index contributed by atoms with van der Waals surface area (Å²) in [5, 5.41) is 1.96. The molecule has 0 amide bonds. The van der Waals surface area contributed by atoms with Crippen molar-refractivity contribution in [3.63, 3.8) is 0 Å². The molecule has 0 aliphatic carbocycles. The first-order valence-corrected chi connectivity index (χ1v) is 6.40. The van der Waals surface area contributed by atoms with E-state index in [1.807, 2.05) is 39.0 Å². The Labute approximate surface area is 117 Å². The highest BCUT2D eigenvalue weighted by Gasteiger charge is 2.26. The second kappa shape index (κ2) is 4.82. The number of halogens is 1. The number of carbonyl (C=O) groups excluding carboxylic acids is 1. The first-order chi connectivity index (χ1) is 8.82. The largest absolute Gasteiger partial charge is 0.497 e. The number of fused-ring (bicyclic) bond motifs is 1. The second-order valence-corrected chi connectivity index (χ2v) is 5.85. The van der Waals surface area contributed by atoms with Gasteiger partial charge in [-0.15, -0.1) is 0 Å². The van der Waals surface area contributed by atoms with Crippen LogP contribution in [0.1, 0.15) is 31.3 Å². The fourth-order valence-electron chi connectivity index (χ4n) is 1.86. The summed E-state index contributed by atoms with van der Waals surface area (Å²) in [6.07, 6.45) is 0. The molecule has 1 heterocycles. The molecule has 0 radical (unpaired) electrons. The third kappa shape index (κ3) is 2.71. The molecule has 0 saturated heterocycles. The van der Waals surface area contributed by atoms with Gasteiger partial charge in [0.05, 0.1) is 7.11 Å². The molecule has 0 atom stereocenters. The molecular formula is C15H16ClNO2. The van der Waals surface area contributed by atoms with Crippen LogP contribution in [-0.4, -0.2) is 17.9 Å². The zero-order valence-electron chi connectivity index (χ0n) is 11.5. The lowest BCUT2D eigenvalue weighted by molar-refractivity contribution is 0.0855. The topological polar surface area (TPSA) is 39.2 Å². The third-order valence-electron chi connectivity index (χ3n) is 2.90. The van der Waals surface area contributed by atoms with Gasteiger partial charge in [-0.1, -0.05) is 32.4 Å². The van der Waals surface area contributed by atoms with Gasteiger partial charge in [0.15, 0.2) is 5.78 Å². The van der Waals surface area contributed by atoms with E-state index < -0.39 is 5.41 Å². The molecule has 0 spiro atoms. The second-order valence-electron chi connectivity index (χ2n) is 5.46. The van der Waals surface area contributed by atoms with E-state index in [-0.39, 0.29) is 5.78 Å². The van der Waals surface area contributed by atoms with Crippen LogP contribution in [0.15, 0.2) is 24.3 Å². The predicted molar refractivity (Wildman–Crippen MR) is 77.1 cm³/mol. The zero-order chi connectivity index (χ0) is 14.2. The summed E-state index contributed by atoms with van der Waals surface area (Å²) in [4.78, 5) is 16.6. The molecule has 0 unspecified atom stereocenters. The maximum atomic E-state index is 12.4. The number of nitrogens with zero attached hydrogens (tertiary/aromatic N) is 1. The standard InChI is InChI=1S/C15H16ClNO2/c1-15(2,3)14(18)13-11-6-5-10(19-4)7-9(11)8-12(16)17-13/h5-8H,1-4H3. The van der Waals surface area contributed by atoms with E-state index in [1.165, 1.54) is 0 Å². The summed E-state index contributed by atoms with van der Waals surface area (Å²) in [5.41, 5.74) is -0.0810. The number of ketones is 1. The molecule has 0 fully saturated rings. The molecule has 0 aliphatic heterocycles. The monoisotopic (exact) mass is 277 g/mol. The SMILES string of the molecule is COc1ccc2c(C(=O)C(C)(C)C)nc(Cl)cc2c1. The highest BCUT2D eigenvalue weighted by molar-refractivity contribution is 6.30. The number of hydrogen-bond acceptors (Lipinski definition) is 3. The maximum Gasteiger partial charge on any atom is 0.187 e. The minimum absolute atomic E-state index is 0.0230. The van der Waals surface area contributed by atoms with Crippen molar-refractivity contribution < 1.29 is 9.53 Å². The Morgan fingerprint density at radius 2 is 1.95 bits per heavy atom. The Balaban J connectivity index is 2.71. The molecule has 0 saturated carbocycles. The molecule has 0 N–H and O–H groups in total. The lowest BCUT2D eigenvalue weighted by atomic mass is 9.87. The number of benzene rings is 1. The minimum Gasteiger partial charge on any atom is -0.497 e. The Kier molecular flexibility index (Phi) is 3.50. The lowest BCUT2D eigenvalue weighted by Crippen LogP contribution is -2.21. The normalized spacial score (nSPS) is 11.6. The van der Waals surface area contributed by atoms with Crippen LogP contribution in [0.3, 0.4) is 0 Å². The first kappa shape index (κ1) is 13.8. The van der Waals surface area contributed by atoms with Gasteiger partial charge in [0.2, 0.25) is 0 Å². The molecule has 2 rings (SSSR count). The molecule has 1 aromatic carbocycles. The Morgan fingerprint density at radius 3 is 2.53 bits per heavy atom. The smallest absolute Gasteiger partial charge is 0.187 e. The van der Waals surface area contributed by atoms with Crippen molar-refractivity contribution in [3.8, 4) is 5.75 Å². The van der Waals surface area contributed by atoms with E-state index in [0.717, 1.165) is 16.5 Å². The Morgan fingerprint density at radius 1 is 1.26 bits per heavy atom. The van der Waals surface area contributed by atoms with Crippen molar-refractivity contribution in [2.24, 2.45) is 5.41 Å².